The van der Waals surface area contributed by atoms with Crippen molar-refractivity contribution >= 4 is 5.95 Å². The van der Waals surface area contributed by atoms with Gasteiger partial charge in [0.25, 0.3) is 5.89 Å². The van der Waals surface area contributed by atoms with Gasteiger partial charge in [-0.1, -0.05) is 18.0 Å². The molecule has 1 aliphatic carbocycles. The van der Waals surface area contributed by atoms with Gasteiger partial charge in [0.2, 0.25) is 11.8 Å². The summed E-state index contributed by atoms with van der Waals surface area (Å²) in [7, 11) is 0. The van der Waals surface area contributed by atoms with E-state index in [-0.39, 0.29) is 5.95 Å². The first-order valence-corrected chi connectivity index (χ1v) is 5.35. The van der Waals surface area contributed by atoms with Crippen LogP contribution in [0.15, 0.2) is 4.52 Å². The Bertz CT molecular complexity index is 484. The molecule has 2 aromatic rings. The van der Waals surface area contributed by atoms with E-state index in [1.807, 2.05) is 0 Å². The largest absolute Gasteiger partial charge is 0.366 e. The maximum absolute atomic E-state index is 5.40. The predicted octanol–water partition coefficient (Wildman–Crippen LogP) is 1.09. The number of aromatic amines is 1. The Morgan fingerprint density at radius 1 is 1.25 bits per heavy atom. The fourth-order valence-corrected chi connectivity index (χ4v) is 2.05. The predicted molar refractivity (Wildman–Crippen MR) is 55.3 cm³/mol. The summed E-state index contributed by atoms with van der Waals surface area (Å²) in [5, 5.41) is 10.3. The minimum Gasteiger partial charge on any atom is -0.366 e. The minimum absolute atomic E-state index is 0.176. The highest BCUT2D eigenvalue weighted by molar-refractivity contribution is 5.41. The van der Waals surface area contributed by atoms with Gasteiger partial charge in [0.05, 0.1) is 0 Å². The van der Waals surface area contributed by atoms with Gasteiger partial charge >= 0.3 is 0 Å². The lowest BCUT2D eigenvalue weighted by atomic mass is 10.1. The first-order valence-electron chi connectivity index (χ1n) is 5.35. The number of nitrogens with two attached hydrogens (primary N) is 1. The molecule has 0 atom stereocenters. The topological polar surface area (TPSA) is 107 Å². The highest BCUT2D eigenvalue weighted by Crippen LogP contribution is 2.32. The number of aromatic nitrogens is 5. The second-order valence-electron chi connectivity index (χ2n) is 3.98. The Kier molecular flexibility index (Phi) is 2.09. The molecule has 0 saturated heterocycles. The van der Waals surface area contributed by atoms with Crippen molar-refractivity contribution in [3.05, 3.63) is 5.82 Å². The molecule has 0 aliphatic heterocycles. The molecule has 0 aromatic carbocycles. The van der Waals surface area contributed by atoms with Gasteiger partial charge in [0, 0.05) is 5.92 Å². The number of anilines is 1. The third-order valence-electron chi connectivity index (χ3n) is 2.87. The van der Waals surface area contributed by atoms with Crippen molar-refractivity contribution in [3.63, 3.8) is 0 Å². The SMILES string of the molecule is Nc1n[nH]c(-c2nc(C3CCCC3)no2)n1. The first-order chi connectivity index (χ1) is 7.83. The molecule has 1 fully saturated rings. The number of rotatable bonds is 2. The minimum atomic E-state index is 0.176. The number of nitrogens with one attached hydrogen (secondary N) is 1. The molecular formula is C9H12N6O. The molecule has 7 heteroatoms. The second-order valence-corrected chi connectivity index (χ2v) is 3.98. The van der Waals surface area contributed by atoms with Crippen LogP contribution in [0, 0.1) is 0 Å². The van der Waals surface area contributed by atoms with Crippen molar-refractivity contribution < 1.29 is 4.52 Å². The van der Waals surface area contributed by atoms with Crippen LogP contribution in [0.4, 0.5) is 5.95 Å². The van der Waals surface area contributed by atoms with Gasteiger partial charge in [-0.05, 0) is 12.8 Å². The lowest BCUT2D eigenvalue weighted by Gasteiger charge is -1.99. The van der Waals surface area contributed by atoms with E-state index in [9.17, 15) is 0 Å². The molecule has 2 heterocycles. The zero-order valence-corrected chi connectivity index (χ0v) is 8.68. The van der Waals surface area contributed by atoms with E-state index in [1.54, 1.807) is 0 Å². The normalized spacial score (nSPS) is 17.0. The molecule has 84 valence electrons. The number of hydrogen-bond donors (Lipinski definition) is 2. The van der Waals surface area contributed by atoms with Crippen molar-refractivity contribution in [1.82, 2.24) is 25.3 Å². The number of H-pyrrole nitrogens is 1. The highest BCUT2D eigenvalue weighted by Gasteiger charge is 2.23. The fraction of sp³-hybridized carbons (Fsp3) is 0.556. The van der Waals surface area contributed by atoms with Gasteiger partial charge in [0.15, 0.2) is 5.82 Å². The van der Waals surface area contributed by atoms with Crippen LogP contribution in [0.1, 0.15) is 37.4 Å². The Labute approximate surface area is 91.4 Å². The number of nitrogen functional groups attached to an aromatic ring is 1. The first kappa shape index (κ1) is 9.32. The zero-order valence-electron chi connectivity index (χ0n) is 8.68. The van der Waals surface area contributed by atoms with Gasteiger partial charge in [-0.3, -0.25) is 5.10 Å². The molecular weight excluding hydrogens is 208 g/mol. The molecule has 1 saturated carbocycles. The second kappa shape index (κ2) is 3.58. The Morgan fingerprint density at radius 2 is 2.06 bits per heavy atom. The van der Waals surface area contributed by atoms with Crippen molar-refractivity contribution in [2.24, 2.45) is 0 Å². The smallest absolute Gasteiger partial charge is 0.295 e. The summed E-state index contributed by atoms with van der Waals surface area (Å²) >= 11 is 0. The summed E-state index contributed by atoms with van der Waals surface area (Å²) in [5.41, 5.74) is 5.40. The fourth-order valence-electron chi connectivity index (χ4n) is 2.05. The monoisotopic (exact) mass is 220 g/mol. The maximum Gasteiger partial charge on any atom is 0.295 e. The summed E-state index contributed by atoms with van der Waals surface area (Å²) < 4.78 is 5.13. The Morgan fingerprint density at radius 3 is 2.75 bits per heavy atom. The van der Waals surface area contributed by atoms with Gasteiger partial charge in [-0.25, -0.2) is 0 Å². The van der Waals surface area contributed by atoms with Crippen LogP contribution in [-0.2, 0) is 0 Å². The van der Waals surface area contributed by atoms with Gasteiger partial charge in [-0.15, -0.1) is 5.10 Å². The summed E-state index contributed by atoms with van der Waals surface area (Å²) in [6.45, 7) is 0. The number of nitrogens with zero attached hydrogens (tertiary/aromatic N) is 4. The van der Waals surface area contributed by atoms with Crippen LogP contribution in [-0.4, -0.2) is 25.3 Å². The van der Waals surface area contributed by atoms with E-state index >= 15 is 0 Å². The van der Waals surface area contributed by atoms with Crippen molar-refractivity contribution in [2.75, 3.05) is 5.73 Å². The third kappa shape index (κ3) is 1.54. The molecule has 0 radical (unpaired) electrons. The van der Waals surface area contributed by atoms with E-state index in [0.29, 0.717) is 17.6 Å². The maximum atomic E-state index is 5.40. The average molecular weight is 220 g/mol. The van der Waals surface area contributed by atoms with Gasteiger partial charge in [-0.2, -0.15) is 9.97 Å². The van der Waals surface area contributed by atoms with Crippen LogP contribution in [0.25, 0.3) is 11.7 Å². The van der Waals surface area contributed by atoms with Crippen molar-refractivity contribution in [2.45, 2.75) is 31.6 Å². The van der Waals surface area contributed by atoms with Gasteiger partial charge in [0.1, 0.15) is 0 Å². The standard InChI is InChI=1S/C9H12N6O/c10-9-12-7(13-14-9)8-11-6(15-16-8)5-3-1-2-4-5/h5H,1-4H2,(H3,10,12,13,14). The number of hydrogen-bond acceptors (Lipinski definition) is 6. The summed E-state index contributed by atoms with van der Waals surface area (Å²) in [6.07, 6.45) is 4.75. The van der Waals surface area contributed by atoms with Crippen LogP contribution in [0.2, 0.25) is 0 Å². The molecule has 3 rings (SSSR count). The summed E-state index contributed by atoms with van der Waals surface area (Å²) in [6, 6.07) is 0. The van der Waals surface area contributed by atoms with Crippen LogP contribution < -0.4 is 5.73 Å². The Hall–Kier alpha value is -1.92. The van der Waals surface area contributed by atoms with E-state index in [1.165, 1.54) is 12.8 Å². The van der Waals surface area contributed by atoms with E-state index in [4.69, 9.17) is 10.3 Å². The zero-order chi connectivity index (χ0) is 11.0. The molecule has 16 heavy (non-hydrogen) atoms. The lowest BCUT2D eigenvalue weighted by molar-refractivity contribution is 0.413. The van der Waals surface area contributed by atoms with Crippen molar-refractivity contribution in [1.29, 1.82) is 0 Å². The quantitative estimate of drug-likeness (QED) is 0.784. The highest BCUT2D eigenvalue weighted by atomic mass is 16.5. The molecule has 1 aliphatic rings. The van der Waals surface area contributed by atoms with Crippen LogP contribution in [0.3, 0.4) is 0 Å². The molecule has 0 unspecified atom stereocenters. The summed E-state index contributed by atoms with van der Waals surface area (Å²) in [4.78, 5) is 8.24. The molecule has 0 bridgehead atoms. The molecule has 3 N–H and O–H groups in total. The molecule has 2 aromatic heterocycles. The van der Waals surface area contributed by atoms with Crippen LogP contribution in [0.5, 0.6) is 0 Å². The summed E-state index contributed by atoms with van der Waals surface area (Å²) in [5.74, 6) is 2.15. The van der Waals surface area contributed by atoms with E-state index in [0.717, 1.165) is 18.7 Å². The third-order valence-corrected chi connectivity index (χ3v) is 2.87. The molecule has 0 amide bonds. The van der Waals surface area contributed by atoms with Crippen molar-refractivity contribution in [3.8, 4) is 11.7 Å². The molecule has 0 spiro atoms. The lowest BCUT2D eigenvalue weighted by Crippen LogP contribution is -1.94. The Balaban J connectivity index is 1.87. The van der Waals surface area contributed by atoms with Gasteiger partial charge < -0.3 is 10.3 Å². The molecule has 7 nitrogen and oxygen atoms in total. The average Bonchev–Trinajstić information content (AvgIpc) is 2.97. The van der Waals surface area contributed by atoms with Crippen LogP contribution >= 0.6 is 0 Å². The van der Waals surface area contributed by atoms with E-state index in [2.05, 4.69) is 25.3 Å². The van der Waals surface area contributed by atoms with E-state index < -0.39 is 0 Å².